The molecule has 2 aromatic rings. The van der Waals surface area contributed by atoms with Crippen LogP contribution < -0.4 is 0 Å². The molecule has 1 N–H and O–H groups in total. The number of aryl methyl sites for hydroxylation is 2. The quantitative estimate of drug-likeness (QED) is 0.751. The molecule has 0 bridgehead atoms. The first-order chi connectivity index (χ1) is 8.40. The maximum absolute atomic E-state index is 14.0. The van der Waals surface area contributed by atoms with Gasteiger partial charge in [-0.05, 0) is 69.0 Å². The zero-order valence-electron chi connectivity index (χ0n) is 9.80. The van der Waals surface area contributed by atoms with E-state index in [1.165, 1.54) is 17.4 Å². The number of aliphatic hydroxyl groups is 1. The van der Waals surface area contributed by atoms with Gasteiger partial charge in [-0.2, -0.15) is 0 Å². The molecule has 0 saturated heterocycles. The van der Waals surface area contributed by atoms with Crippen molar-refractivity contribution in [3.05, 3.63) is 53.8 Å². The van der Waals surface area contributed by atoms with E-state index in [1.807, 2.05) is 19.9 Å². The minimum absolute atomic E-state index is 0.349. The summed E-state index contributed by atoms with van der Waals surface area (Å²) < 4.78 is 15.7. The minimum Gasteiger partial charge on any atom is -0.383 e. The van der Waals surface area contributed by atoms with Crippen molar-refractivity contribution in [2.24, 2.45) is 0 Å². The van der Waals surface area contributed by atoms with Crippen LogP contribution in [0.2, 0.25) is 0 Å². The Hall–Kier alpha value is -0.230. The van der Waals surface area contributed by atoms with Gasteiger partial charge in [0, 0.05) is 14.9 Å². The number of hydrogen-bond acceptors (Lipinski definition) is 2. The summed E-state index contributed by atoms with van der Waals surface area (Å²) in [6, 6.07) is 5.13. The fourth-order valence-electron chi connectivity index (χ4n) is 1.91. The molecule has 96 valence electrons. The average molecular weight is 394 g/mol. The van der Waals surface area contributed by atoms with E-state index in [0.29, 0.717) is 10.4 Å². The Morgan fingerprint density at radius 2 is 1.89 bits per heavy atom. The minimum atomic E-state index is -0.932. The number of benzene rings is 1. The Kier molecular flexibility index (Phi) is 4.26. The van der Waals surface area contributed by atoms with Gasteiger partial charge >= 0.3 is 0 Å². The van der Waals surface area contributed by atoms with E-state index in [2.05, 4.69) is 31.9 Å². The van der Waals surface area contributed by atoms with Crippen LogP contribution in [0.4, 0.5) is 4.39 Å². The Bertz CT molecular complexity index is 552. The van der Waals surface area contributed by atoms with E-state index in [1.54, 1.807) is 6.07 Å². The molecule has 5 heteroatoms. The molecule has 0 amide bonds. The van der Waals surface area contributed by atoms with Crippen molar-refractivity contribution in [1.82, 2.24) is 0 Å². The van der Waals surface area contributed by atoms with Crippen LogP contribution in [0.5, 0.6) is 0 Å². The van der Waals surface area contributed by atoms with Crippen LogP contribution in [-0.2, 0) is 0 Å². The zero-order chi connectivity index (χ0) is 13.4. The highest BCUT2D eigenvalue weighted by molar-refractivity contribution is 9.13. The molecule has 1 aromatic carbocycles. The van der Waals surface area contributed by atoms with Gasteiger partial charge in [0.25, 0.3) is 0 Å². The van der Waals surface area contributed by atoms with Crippen LogP contribution in [0.1, 0.15) is 27.7 Å². The summed E-state index contributed by atoms with van der Waals surface area (Å²) >= 11 is 8.13. The second-order valence-electron chi connectivity index (χ2n) is 4.15. The molecule has 0 radical (unpaired) electrons. The first-order valence-electron chi connectivity index (χ1n) is 5.29. The van der Waals surface area contributed by atoms with Crippen molar-refractivity contribution in [2.45, 2.75) is 20.0 Å². The third kappa shape index (κ3) is 2.69. The Morgan fingerprint density at radius 1 is 1.22 bits per heavy atom. The lowest BCUT2D eigenvalue weighted by molar-refractivity contribution is 0.218. The van der Waals surface area contributed by atoms with Crippen LogP contribution in [0.25, 0.3) is 0 Å². The van der Waals surface area contributed by atoms with Crippen molar-refractivity contribution in [3.8, 4) is 0 Å². The second kappa shape index (κ2) is 5.41. The lowest BCUT2D eigenvalue weighted by atomic mass is 9.99. The van der Waals surface area contributed by atoms with Gasteiger partial charge in [-0.1, -0.05) is 6.07 Å². The lowest BCUT2D eigenvalue weighted by Crippen LogP contribution is -2.04. The smallest absolute Gasteiger partial charge is 0.129 e. The highest BCUT2D eigenvalue weighted by Gasteiger charge is 2.20. The third-order valence-electron chi connectivity index (χ3n) is 2.69. The maximum Gasteiger partial charge on any atom is 0.129 e. The average Bonchev–Trinajstić information content (AvgIpc) is 2.57. The highest BCUT2D eigenvalue weighted by atomic mass is 79.9. The summed E-state index contributed by atoms with van der Waals surface area (Å²) in [5.74, 6) is -0.361. The Labute approximate surface area is 126 Å². The largest absolute Gasteiger partial charge is 0.383 e. The molecule has 1 atom stereocenters. The SMILES string of the molecule is Cc1cc(C)c(C(O)c2cc(Br)c(Br)s2)c(F)c1. The van der Waals surface area contributed by atoms with Crippen molar-refractivity contribution in [1.29, 1.82) is 0 Å². The molecule has 1 unspecified atom stereocenters. The number of halogens is 3. The normalized spacial score (nSPS) is 12.8. The Balaban J connectivity index is 2.49. The molecular formula is C13H11Br2FOS. The van der Waals surface area contributed by atoms with E-state index in [-0.39, 0.29) is 5.82 Å². The lowest BCUT2D eigenvalue weighted by Gasteiger charge is -2.14. The topological polar surface area (TPSA) is 20.2 Å². The first-order valence-corrected chi connectivity index (χ1v) is 7.70. The van der Waals surface area contributed by atoms with E-state index < -0.39 is 6.10 Å². The standard InChI is InChI=1S/C13H11Br2FOS/c1-6-3-7(2)11(9(16)4-6)12(17)10-5-8(14)13(15)18-10/h3-5,12,17H,1-2H3. The first kappa shape index (κ1) is 14.2. The summed E-state index contributed by atoms with van der Waals surface area (Å²) in [6.45, 7) is 3.65. The summed E-state index contributed by atoms with van der Waals surface area (Å²) in [4.78, 5) is 0.708. The number of aliphatic hydroxyl groups excluding tert-OH is 1. The van der Waals surface area contributed by atoms with E-state index in [4.69, 9.17) is 0 Å². The zero-order valence-corrected chi connectivity index (χ0v) is 13.8. The van der Waals surface area contributed by atoms with Crippen LogP contribution in [0.15, 0.2) is 26.5 Å². The predicted octanol–water partition coefficient (Wildman–Crippen LogP) is 5.11. The molecule has 0 fully saturated rings. The molecule has 0 aliphatic heterocycles. The van der Waals surface area contributed by atoms with Gasteiger partial charge in [0.05, 0.1) is 3.79 Å². The fourth-order valence-corrected chi connectivity index (χ4v) is 4.00. The van der Waals surface area contributed by atoms with Gasteiger partial charge in [-0.15, -0.1) is 11.3 Å². The second-order valence-corrected chi connectivity index (χ2v) is 7.41. The molecule has 18 heavy (non-hydrogen) atoms. The molecule has 2 rings (SSSR count). The molecule has 0 saturated carbocycles. The summed E-state index contributed by atoms with van der Waals surface area (Å²) in [7, 11) is 0. The van der Waals surface area contributed by atoms with Gasteiger partial charge in [0.2, 0.25) is 0 Å². The van der Waals surface area contributed by atoms with Gasteiger partial charge < -0.3 is 5.11 Å². The molecule has 1 nitrogen and oxygen atoms in total. The van der Waals surface area contributed by atoms with Gasteiger partial charge in [-0.25, -0.2) is 4.39 Å². The van der Waals surface area contributed by atoms with Crippen LogP contribution >= 0.6 is 43.2 Å². The summed E-state index contributed by atoms with van der Waals surface area (Å²) in [5.41, 5.74) is 1.97. The third-order valence-corrected chi connectivity index (χ3v) is 6.00. The maximum atomic E-state index is 14.0. The molecule has 0 aliphatic carbocycles. The van der Waals surface area contributed by atoms with Crippen LogP contribution in [-0.4, -0.2) is 5.11 Å². The molecule has 0 aliphatic rings. The predicted molar refractivity (Wildman–Crippen MR) is 79.7 cm³/mol. The Morgan fingerprint density at radius 3 is 2.39 bits per heavy atom. The van der Waals surface area contributed by atoms with Crippen molar-refractivity contribution >= 4 is 43.2 Å². The fraction of sp³-hybridized carbons (Fsp3) is 0.231. The molecule has 0 spiro atoms. The van der Waals surface area contributed by atoms with E-state index >= 15 is 0 Å². The summed E-state index contributed by atoms with van der Waals surface area (Å²) in [5, 5.41) is 10.3. The molecule has 1 aromatic heterocycles. The van der Waals surface area contributed by atoms with Crippen LogP contribution in [0.3, 0.4) is 0 Å². The highest BCUT2D eigenvalue weighted by Crippen LogP contribution is 2.38. The van der Waals surface area contributed by atoms with Gasteiger partial charge in [-0.3, -0.25) is 0 Å². The molecule has 1 heterocycles. The monoisotopic (exact) mass is 392 g/mol. The molecular weight excluding hydrogens is 383 g/mol. The van der Waals surface area contributed by atoms with Crippen molar-refractivity contribution < 1.29 is 9.50 Å². The van der Waals surface area contributed by atoms with E-state index in [9.17, 15) is 9.50 Å². The number of rotatable bonds is 2. The van der Waals surface area contributed by atoms with E-state index in [0.717, 1.165) is 19.4 Å². The van der Waals surface area contributed by atoms with Crippen LogP contribution in [0, 0.1) is 19.7 Å². The van der Waals surface area contributed by atoms with Crippen molar-refractivity contribution in [3.63, 3.8) is 0 Å². The number of thiophene rings is 1. The number of hydrogen-bond donors (Lipinski definition) is 1. The van der Waals surface area contributed by atoms with Crippen molar-refractivity contribution in [2.75, 3.05) is 0 Å². The summed E-state index contributed by atoms with van der Waals surface area (Å²) in [6.07, 6.45) is -0.932. The van der Waals surface area contributed by atoms with Gasteiger partial charge in [0.1, 0.15) is 11.9 Å². The van der Waals surface area contributed by atoms with Gasteiger partial charge in [0.15, 0.2) is 0 Å².